The van der Waals surface area contributed by atoms with Gasteiger partial charge in [-0.3, -0.25) is 0 Å². The number of allylic oxidation sites excluding steroid dienone is 2. The van der Waals surface area contributed by atoms with Crippen LogP contribution in [0.15, 0.2) is 12.2 Å². The Morgan fingerprint density at radius 3 is 2.12 bits per heavy atom. The van der Waals surface area contributed by atoms with Crippen molar-refractivity contribution in [3.63, 3.8) is 0 Å². The highest BCUT2D eigenvalue weighted by Crippen LogP contribution is 2.31. The molecule has 0 aromatic heterocycles. The van der Waals surface area contributed by atoms with Crippen molar-refractivity contribution in [3.05, 3.63) is 12.2 Å². The largest absolute Gasteiger partial charge is 0.103 e. The Labute approximate surface area is 102 Å². The molecule has 0 aromatic carbocycles. The van der Waals surface area contributed by atoms with Crippen LogP contribution in [0, 0.1) is 35.5 Å². The van der Waals surface area contributed by atoms with E-state index < -0.39 is 0 Å². The van der Waals surface area contributed by atoms with Crippen LogP contribution in [0.1, 0.15) is 53.4 Å². The van der Waals surface area contributed by atoms with Gasteiger partial charge in [-0.05, 0) is 36.5 Å². The first-order valence-corrected chi connectivity index (χ1v) is 6.72. The number of rotatable bonds is 2. The van der Waals surface area contributed by atoms with Crippen LogP contribution in [0.4, 0.5) is 0 Å². The van der Waals surface area contributed by atoms with Gasteiger partial charge in [-0.25, -0.2) is 0 Å². The van der Waals surface area contributed by atoms with E-state index in [2.05, 4.69) is 51.7 Å². The summed E-state index contributed by atoms with van der Waals surface area (Å²) in [6.45, 7) is 9.22. The molecule has 1 aliphatic rings. The normalized spacial score (nSPS) is 29.7. The predicted molar refractivity (Wildman–Crippen MR) is 72.0 cm³/mol. The van der Waals surface area contributed by atoms with Gasteiger partial charge in [0.2, 0.25) is 0 Å². The van der Waals surface area contributed by atoms with Crippen molar-refractivity contribution in [3.8, 4) is 11.8 Å². The summed E-state index contributed by atoms with van der Waals surface area (Å²) in [4.78, 5) is 0. The molecule has 0 bridgehead atoms. The molecule has 1 aliphatic carbocycles. The molecule has 0 aromatic rings. The van der Waals surface area contributed by atoms with Gasteiger partial charge in [0.05, 0.1) is 0 Å². The SMILES string of the molecule is CC(C)CC#CCC1C(C)CC=CCC1C. The second-order valence-corrected chi connectivity index (χ2v) is 5.72. The van der Waals surface area contributed by atoms with E-state index in [1.165, 1.54) is 12.8 Å². The third kappa shape index (κ3) is 4.44. The molecule has 0 saturated heterocycles. The molecule has 0 radical (unpaired) electrons. The molecule has 2 atom stereocenters. The summed E-state index contributed by atoms with van der Waals surface area (Å²) < 4.78 is 0. The zero-order chi connectivity index (χ0) is 12.0. The van der Waals surface area contributed by atoms with E-state index in [0.717, 1.165) is 30.6 Å². The lowest BCUT2D eigenvalue weighted by atomic mass is 9.80. The molecule has 0 heteroatoms. The first-order chi connectivity index (χ1) is 7.61. The maximum Gasteiger partial charge on any atom is 0.0122 e. The first-order valence-electron chi connectivity index (χ1n) is 6.72. The minimum Gasteiger partial charge on any atom is -0.103 e. The smallest absolute Gasteiger partial charge is 0.0122 e. The van der Waals surface area contributed by atoms with Crippen molar-refractivity contribution in [1.29, 1.82) is 0 Å². The topological polar surface area (TPSA) is 0 Å². The molecule has 0 amide bonds. The second-order valence-electron chi connectivity index (χ2n) is 5.72. The average molecular weight is 218 g/mol. The molecule has 1 rings (SSSR count). The van der Waals surface area contributed by atoms with E-state index in [9.17, 15) is 0 Å². The Morgan fingerprint density at radius 2 is 1.62 bits per heavy atom. The fourth-order valence-corrected chi connectivity index (χ4v) is 2.40. The van der Waals surface area contributed by atoms with Gasteiger partial charge in [-0.15, -0.1) is 11.8 Å². The van der Waals surface area contributed by atoms with Crippen molar-refractivity contribution in [2.24, 2.45) is 23.7 Å². The summed E-state index contributed by atoms with van der Waals surface area (Å²) in [5.41, 5.74) is 0. The lowest BCUT2D eigenvalue weighted by Gasteiger charge is -2.24. The summed E-state index contributed by atoms with van der Waals surface area (Å²) in [5, 5.41) is 0. The highest BCUT2D eigenvalue weighted by atomic mass is 14.3. The third-order valence-electron chi connectivity index (χ3n) is 3.62. The van der Waals surface area contributed by atoms with Crippen molar-refractivity contribution in [1.82, 2.24) is 0 Å². The van der Waals surface area contributed by atoms with E-state index in [1.54, 1.807) is 0 Å². The fraction of sp³-hybridized carbons (Fsp3) is 0.750. The molecule has 2 unspecified atom stereocenters. The second kappa shape index (κ2) is 6.79. The van der Waals surface area contributed by atoms with Crippen LogP contribution in [0.5, 0.6) is 0 Å². The molecule has 0 saturated carbocycles. The number of hydrogen-bond acceptors (Lipinski definition) is 0. The van der Waals surface area contributed by atoms with Crippen LogP contribution in [0.2, 0.25) is 0 Å². The van der Waals surface area contributed by atoms with Crippen molar-refractivity contribution in [2.45, 2.75) is 53.4 Å². The van der Waals surface area contributed by atoms with Gasteiger partial charge in [-0.1, -0.05) is 39.8 Å². The van der Waals surface area contributed by atoms with Gasteiger partial charge < -0.3 is 0 Å². The average Bonchev–Trinajstić information content (AvgIpc) is 2.37. The van der Waals surface area contributed by atoms with Gasteiger partial charge in [0, 0.05) is 12.8 Å². The maximum atomic E-state index is 3.40. The zero-order valence-electron chi connectivity index (χ0n) is 11.3. The van der Waals surface area contributed by atoms with Crippen molar-refractivity contribution >= 4 is 0 Å². The summed E-state index contributed by atoms with van der Waals surface area (Å²) in [6.07, 6.45) is 9.32. The Kier molecular flexibility index (Phi) is 5.67. The maximum absolute atomic E-state index is 3.40. The van der Waals surface area contributed by atoms with Crippen LogP contribution < -0.4 is 0 Å². The predicted octanol–water partition coefficient (Wildman–Crippen LogP) is 4.66. The van der Waals surface area contributed by atoms with Crippen LogP contribution >= 0.6 is 0 Å². The molecule has 0 spiro atoms. The molecule has 0 aliphatic heterocycles. The van der Waals surface area contributed by atoms with Crippen LogP contribution in [-0.2, 0) is 0 Å². The molecule has 0 N–H and O–H groups in total. The van der Waals surface area contributed by atoms with Gasteiger partial charge in [0.15, 0.2) is 0 Å². The van der Waals surface area contributed by atoms with Gasteiger partial charge in [0.1, 0.15) is 0 Å². The zero-order valence-corrected chi connectivity index (χ0v) is 11.3. The van der Waals surface area contributed by atoms with Crippen molar-refractivity contribution < 1.29 is 0 Å². The minimum atomic E-state index is 0.707. The monoisotopic (exact) mass is 218 g/mol. The lowest BCUT2D eigenvalue weighted by Crippen LogP contribution is -2.17. The molecule has 0 nitrogen and oxygen atoms in total. The molecule has 90 valence electrons. The summed E-state index contributed by atoms with van der Waals surface area (Å²) in [7, 11) is 0. The van der Waals surface area contributed by atoms with Crippen LogP contribution in [0.3, 0.4) is 0 Å². The summed E-state index contributed by atoms with van der Waals surface area (Å²) in [6, 6.07) is 0. The van der Waals surface area contributed by atoms with E-state index in [1.807, 2.05) is 0 Å². The molecular formula is C16H26. The third-order valence-corrected chi connectivity index (χ3v) is 3.62. The minimum absolute atomic E-state index is 0.707. The van der Waals surface area contributed by atoms with E-state index in [4.69, 9.17) is 0 Å². The molecule has 0 heterocycles. The molecule has 0 fully saturated rings. The quantitative estimate of drug-likeness (QED) is 0.467. The Balaban J connectivity index is 2.46. The highest BCUT2D eigenvalue weighted by molar-refractivity contribution is 5.03. The van der Waals surface area contributed by atoms with Crippen LogP contribution in [0.25, 0.3) is 0 Å². The molecule has 16 heavy (non-hydrogen) atoms. The standard InChI is InChI=1S/C16H26/c1-13(2)9-5-8-12-16-14(3)10-6-7-11-15(16)4/h6-7,13-16H,9-12H2,1-4H3. The molecular weight excluding hydrogens is 192 g/mol. The Hall–Kier alpha value is -0.700. The summed E-state index contributed by atoms with van der Waals surface area (Å²) >= 11 is 0. The lowest BCUT2D eigenvalue weighted by molar-refractivity contribution is 0.270. The Bertz CT molecular complexity index is 260. The highest BCUT2D eigenvalue weighted by Gasteiger charge is 2.22. The van der Waals surface area contributed by atoms with E-state index in [0.29, 0.717) is 5.92 Å². The van der Waals surface area contributed by atoms with Gasteiger partial charge >= 0.3 is 0 Å². The van der Waals surface area contributed by atoms with E-state index in [-0.39, 0.29) is 0 Å². The van der Waals surface area contributed by atoms with Gasteiger partial charge in [-0.2, -0.15) is 0 Å². The first kappa shape index (κ1) is 13.4. The fourth-order valence-electron chi connectivity index (χ4n) is 2.40. The van der Waals surface area contributed by atoms with Crippen LogP contribution in [-0.4, -0.2) is 0 Å². The summed E-state index contributed by atoms with van der Waals surface area (Å²) in [5.74, 6) is 9.80. The van der Waals surface area contributed by atoms with E-state index >= 15 is 0 Å². The number of hydrogen-bond donors (Lipinski definition) is 0. The van der Waals surface area contributed by atoms with Crippen molar-refractivity contribution in [2.75, 3.05) is 0 Å². The van der Waals surface area contributed by atoms with Gasteiger partial charge in [0.25, 0.3) is 0 Å². The Morgan fingerprint density at radius 1 is 1.06 bits per heavy atom.